The van der Waals surface area contributed by atoms with E-state index in [-0.39, 0.29) is 0 Å². The van der Waals surface area contributed by atoms with Crippen LogP contribution in [0.2, 0.25) is 0 Å². The van der Waals surface area contributed by atoms with Crippen molar-refractivity contribution < 1.29 is 4.74 Å². The first-order valence-electron chi connectivity index (χ1n) is 3.22. The van der Waals surface area contributed by atoms with E-state index in [0.29, 0.717) is 0 Å². The van der Waals surface area contributed by atoms with Crippen LogP contribution in [0.4, 0.5) is 0 Å². The van der Waals surface area contributed by atoms with E-state index in [1.807, 2.05) is 6.92 Å². The van der Waals surface area contributed by atoms with Crippen LogP contribution in [0.5, 0.6) is 0 Å². The van der Waals surface area contributed by atoms with E-state index in [2.05, 4.69) is 6.92 Å². The van der Waals surface area contributed by atoms with E-state index in [4.69, 9.17) is 4.74 Å². The van der Waals surface area contributed by atoms with E-state index in [1.165, 1.54) is 18.6 Å². The minimum atomic E-state index is 1.15. The van der Waals surface area contributed by atoms with Crippen molar-refractivity contribution in [2.24, 2.45) is 0 Å². The Morgan fingerprint density at radius 2 is 2.12 bits per heavy atom. The summed E-state index contributed by atoms with van der Waals surface area (Å²) in [5, 5.41) is 0. The molecular weight excluding hydrogens is 100 g/mol. The lowest BCUT2D eigenvalue weighted by Crippen LogP contribution is -1.67. The molecular formula is C7H12O. The van der Waals surface area contributed by atoms with Gasteiger partial charge in [0.25, 0.3) is 0 Å². The summed E-state index contributed by atoms with van der Waals surface area (Å²) in [4.78, 5) is 0. The Balaban J connectivity index is 2.05. The van der Waals surface area contributed by atoms with Crippen LogP contribution in [-0.2, 0) is 4.74 Å². The number of hydrogen-bond acceptors (Lipinski definition) is 1. The van der Waals surface area contributed by atoms with Gasteiger partial charge < -0.3 is 4.74 Å². The lowest BCUT2D eigenvalue weighted by Gasteiger charge is -1.83. The maximum absolute atomic E-state index is 5.05. The zero-order valence-electron chi connectivity index (χ0n) is 5.53. The molecule has 0 aliphatic carbocycles. The zero-order valence-corrected chi connectivity index (χ0v) is 5.53. The molecule has 1 heterocycles. The second kappa shape index (κ2) is 2.21. The van der Waals surface area contributed by atoms with E-state index in [1.54, 1.807) is 0 Å². The van der Waals surface area contributed by atoms with Gasteiger partial charge in [-0.3, -0.25) is 0 Å². The monoisotopic (exact) mass is 112 g/mol. The number of unbranched alkanes of at least 4 members (excludes halogenated alkanes) is 1. The normalized spacial score (nSPS) is 16.2. The van der Waals surface area contributed by atoms with Gasteiger partial charge in [-0.2, -0.15) is 0 Å². The molecule has 8 heavy (non-hydrogen) atoms. The molecule has 0 saturated heterocycles. The quantitative estimate of drug-likeness (QED) is 0.546. The van der Waals surface area contributed by atoms with Gasteiger partial charge in [-0.05, 0) is 13.3 Å². The van der Waals surface area contributed by atoms with Crippen molar-refractivity contribution in [3.63, 3.8) is 0 Å². The first kappa shape index (κ1) is 5.67. The van der Waals surface area contributed by atoms with Gasteiger partial charge in [-0.15, -0.1) is 0 Å². The average molecular weight is 112 g/mol. The molecule has 0 radical (unpaired) electrons. The fourth-order valence-corrected chi connectivity index (χ4v) is 0.724. The van der Waals surface area contributed by atoms with Crippen LogP contribution >= 0.6 is 0 Å². The molecule has 1 aliphatic heterocycles. The molecule has 0 saturated carbocycles. The van der Waals surface area contributed by atoms with Crippen LogP contribution in [0.3, 0.4) is 0 Å². The topological polar surface area (TPSA) is 12.5 Å². The van der Waals surface area contributed by atoms with Gasteiger partial charge in [0.15, 0.2) is 0 Å². The lowest BCUT2D eigenvalue weighted by molar-refractivity contribution is 0.450. The van der Waals surface area contributed by atoms with Crippen molar-refractivity contribution in [2.45, 2.75) is 33.1 Å². The van der Waals surface area contributed by atoms with Crippen LogP contribution < -0.4 is 0 Å². The maximum atomic E-state index is 5.05. The fraction of sp³-hybridized carbons (Fsp3) is 0.714. The summed E-state index contributed by atoms with van der Waals surface area (Å²) in [5.41, 5.74) is 0. The second-order valence-corrected chi connectivity index (χ2v) is 2.18. The van der Waals surface area contributed by atoms with E-state index >= 15 is 0 Å². The lowest BCUT2D eigenvalue weighted by atomic mass is 10.2. The first-order chi connectivity index (χ1) is 3.84. The smallest absolute Gasteiger partial charge is 0.142 e. The summed E-state index contributed by atoms with van der Waals surface area (Å²) in [6.45, 7) is 4.21. The summed E-state index contributed by atoms with van der Waals surface area (Å²) in [6.07, 6.45) is 3.69. The summed E-state index contributed by atoms with van der Waals surface area (Å²) in [6, 6.07) is 0. The predicted molar refractivity (Wildman–Crippen MR) is 33.3 cm³/mol. The zero-order chi connectivity index (χ0) is 5.98. The maximum Gasteiger partial charge on any atom is 0.142 e. The third kappa shape index (κ3) is 1.25. The molecule has 0 atom stereocenters. The van der Waals surface area contributed by atoms with E-state index in [0.717, 1.165) is 12.2 Å². The molecule has 0 aromatic rings. The average Bonchev–Trinajstić information content (AvgIpc) is 2.42. The summed E-state index contributed by atoms with van der Waals surface area (Å²) in [5.74, 6) is 2.38. The molecule has 0 aromatic carbocycles. The molecule has 0 amide bonds. The highest BCUT2D eigenvalue weighted by molar-refractivity contribution is 5.14. The summed E-state index contributed by atoms with van der Waals surface area (Å²) < 4.78 is 5.05. The molecule has 0 spiro atoms. The standard InChI is InChI=1S/C7H12O/c1-3-4-5-7-6(2)8-7/h3-5H2,1-2H3. The van der Waals surface area contributed by atoms with Gasteiger partial charge >= 0.3 is 0 Å². The van der Waals surface area contributed by atoms with E-state index < -0.39 is 0 Å². The Bertz CT molecular complexity index is 114. The predicted octanol–water partition coefficient (Wildman–Crippen LogP) is 2.44. The first-order valence-corrected chi connectivity index (χ1v) is 3.22. The molecule has 0 bridgehead atoms. The summed E-state index contributed by atoms with van der Waals surface area (Å²) >= 11 is 0. The van der Waals surface area contributed by atoms with Crippen molar-refractivity contribution in [3.05, 3.63) is 11.5 Å². The third-order valence-corrected chi connectivity index (χ3v) is 1.38. The number of hydrogen-bond donors (Lipinski definition) is 0. The molecule has 1 rings (SSSR count). The number of ether oxygens (including phenoxy) is 1. The van der Waals surface area contributed by atoms with Crippen LogP contribution in [-0.4, -0.2) is 0 Å². The summed E-state index contributed by atoms with van der Waals surface area (Å²) in [7, 11) is 0. The Kier molecular flexibility index (Phi) is 1.56. The Labute approximate surface area is 50.3 Å². The van der Waals surface area contributed by atoms with Gasteiger partial charge in [-0.25, -0.2) is 0 Å². The van der Waals surface area contributed by atoms with Gasteiger partial charge in [-0.1, -0.05) is 13.3 Å². The highest BCUT2D eigenvalue weighted by atomic mass is 16.6. The van der Waals surface area contributed by atoms with Crippen LogP contribution in [0.15, 0.2) is 11.5 Å². The fourth-order valence-electron chi connectivity index (χ4n) is 0.724. The third-order valence-electron chi connectivity index (χ3n) is 1.38. The number of allylic oxidation sites excluding steroid dienone is 2. The highest BCUT2D eigenvalue weighted by Gasteiger charge is 2.17. The minimum absolute atomic E-state index is 1.15. The van der Waals surface area contributed by atoms with Crippen LogP contribution in [0, 0.1) is 0 Å². The molecule has 1 nitrogen and oxygen atoms in total. The minimum Gasteiger partial charge on any atom is -0.459 e. The van der Waals surface area contributed by atoms with Crippen molar-refractivity contribution in [1.29, 1.82) is 0 Å². The molecule has 0 aromatic heterocycles. The van der Waals surface area contributed by atoms with Crippen molar-refractivity contribution in [3.8, 4) is 0 Å². The highest BCUT2D eigenvalue weighted by Crippen LogP contribution is 2.29. The number of rotatable bonds is 3. The van der Waals surface area contributed by atoms with Gasteiger partial charge in [0.2, 0.25) is 0 Å². The van der Waals surface area contributed by atoms with Crippen molar-refractivity contribution in [1.82, 2.24) is 0 Å². The Hall–Kier alpha value is -0.460. The van der Waals surface area contributed by atoms with Crippen LogP contribution in [0.25, 0.3) is 0 Å². The Morgan fingerprint density at radius 3 is 2.50 bits per heavy atom. The molecule has 1 aliphatic rings. The van der Waals surface area contributed by atoms with Crippen LogP contribution in [0.1, 0.15) is 33.1 Å². The van der Waals surface area contributed by atoms with E-state index in [9.17, 15) is 0 Å². The molecule has 1 heteroatoms. The molecule has 0 fully saturated rings. The van der Waals surface area contributed by atoms with Crippen molar-refractivity contribution >= 4 is 0 Å². The molecule has 46 valence electrons. The Morgan fingerprint density at radius 1 is 1.50 bits per heavy atom. The molecule has 0 unspecified atom stereocenters. The van der Waals surface area contributed by atoms with Gasteiger partial charge in [0.1, 0.15) is 11.5 Å². The molecule has 0 N–H and O–H groups in total. The van der Waals surface area contributed by atoms with Gasteiger partial charge in [0.05, 0.1) is 0 Å². The SMILES string of the molecule is CCCCC1=C(C)O1. The largest absolute Gasteiger partial charge is 0.459 e. The van der Waals surface area contributed by atoms with Crippen molar-refractivity contribution in [2.75, 3.05) is 0 Å². The second-order valence-electron chi connectivity index (χ2n) is 2.18. The van der Waals surface area contributed by atoms with Gasteiger partial charge in [0, 0.05) is 6.42 Å².